The zero-order valence-corrected chi connectivity index (χ0v) is 14.7. The second kappa shape index (κ2) is 5.99. The summed E-state index contributed by atoms with van der Waals surface area (Å²) in [7, 11) is 0. The van der Waals surface area contributed by atoms with Gasteiger partial charge in [0, 0.05) is 23.7 Å². The Labute approximate surface area is 147 Å². The smallest absolute Gasteiger partial charge is 0.252 e. The van der Waals surface area contributed by atoms with Gasteiger partial charge in [-0.15, -0.1) is 0 Å². The number of hydrogen-bond donors (Lipinski definition) is 1. The number of aryl methyl sites for hydroxylation is 1. The van der Waals surface area contributed by atoms with Crippen molar-refractivity contribution < 1.29 is 4.79 Å². The molecule has 3 aromatic rings. The van der Waals surface area contributed by atoms with Crippen molar-refractivity contribution >= 4 is 16.9 Å². The minimum absolute atomic E-state index is 0.0396. The average molecular weight is 334 g/mol. The monoisotopic (exact) mass is 334 g/mol. The lowest BCUT2D eigenvalue weighted by Gasteiger charge is -2.09. The molecule has 5 heteroatoms. The molecule has 0 spiro atoms. The first-order chi connectivity index (χ1) is 12.0. The van der Waals surface area contributed by atoms with E-state index in [1.165, 1.54) is 5.56 Å². The number of nitrogens with zero attached hydrogens (tertiary/aromatic N) is 3. The Morgan fingerprint density at radius 2 is 2.04 bits per heavy atom. The average Bonchev–Trinajstić information content (AvgIpc) is 3.22. The number of carbonyl (C=O) groups excluding carboxylic acids is 1. The Bertz CT molecular complexity index is 930. The van der Waals surface area contributed by atoms with Crippen molar-refractivity contribution in [2.24, 2.45) is 0 Å². The zero-order chi connectivity index (χ0) is 17.6. The van der Waals surface area contributed by atoms with Crippen molar-refractivity contribution in [3.63, 3.8) is 0 Å². The highest BCUT2D eigenvalue weighted by molar-refractivity contribution is 6.05. The fraction of sp³-hybridized carbons (Fsp3) is 0.350. The van der Waals surface area contributed by atoms with Gasteiger partial charge in [-0.3, -0.25) is 4.79 Å². The van der Waals surface area contributed by atoms with Crippen molar-refractivity contribution in [3.8, 4) is 0 Å². The van der Waals surface area contributed by atoms with Crippen LogP contribution in [-0.4, -0.2) is 26.7 Å². The molecule has 4 rings (SSSR count). The third-order valence-electron chi connectivity index (χ3n) is 4.76. The summed E-state index contributed by atoms with van der Waals surface area (Å²) in [6.45, 7) is 6.04. The number of nitrogens with one attached hydrogen (secondary N) is 1. The summed E-state index contributed by atoms with van der Waals surface area (Å²) < 4.78 is 1.86. The molecule has 0 saturated heterocycles. The van der Waals surface area contributed by atoms with Crippen molar-refractivity contribution in [3.05, 3.63) is 59.4 Å². The molecule has 1 saturated carbocycles. The van der Waals surface area contributed by atoms with Gasteiger partial charge in [-0.1, -0.05) is 30.3 Å². The van der Waals surface area contributed by atoms with Crippen LogP contribution in [0.1, 0.15) is 53.8 Å². The van der Waals surface area contributed by atoms with Crippen LogP contribution in [0.4, 0.5) is 0 Å². The number of carbonyl (C=O) groups is 1. The van der Waals surface area contributed by atoms with Gasteiger partial charge < -0.3 is 5.32 Å². The fourth-order valence-electron chi connectivity index (χ4n) is 3.38. The largest absolute Gasteiger partial charge is 0.349 e. The van der Waals surface area contributed by atoms with E-state index in [9.17, 15) is 4.79 Å². The van der Waals surface area contributed by atoms with E-state index in [4.69, 9.17) is 0 Å². The lowest BCUT2D eigenvalue weighted by atomic mass is 10.1. The van der Waals surface area contributed by atoms with E-state index in [0.717, 1.165) is 23.1 Å². The second-order valence-electron chi connectivity index (χ2n) is 7.06. The minimum Gasteiger partial charge on any atom is -0.349 e. The molecule has 1 aromatic carbocycles. The van der Waals surface area contributed by atoms with Crippen molar-refractivity contribution in [1.82, 2.24) is 20.1 Å². The van der Waals surface area contributed by atoms with Crippen LogP contribution in [-0.2, 0) is 0 Å². The van der Waals surface area contributed by atoms with Gasteiger partial charge in [-0.05, 0) is 38.8 Å². The number of aromatic nitrogens is 3. The van der Waals surface area contributed by atoms with Gasteiger partial charge in [0.1, 0.15) is 0 Å². The Hall–Kier alpha value is -2.69. The van der Waals surface area contributed by atoms with Crippen LogP contribution in [0.25, 0.3) is 11.0 Å². The second-order valence-corrected chi connectivity index (χ2v) is 7.06. The Kier molecular flexibility index (Phi) is 3.79. The molecule has 25 heavy (non-hydrogen) atoms. The third kappa shape index (κ3) is 2.90. The molecule has 2 unspecified atom stereocenters. The number of pyridine rings is 1. The third-order valence-corrected chi connectivity index (χ3v) is 4.76. The molecule has 0 radical (unpaired) electrons. The van der Waals surface area contributed by atoms with E-state index in [1.54, 1.807) is 6.20 Å². The van der Waals surface area contributed by atoms with Gasteiger partial charge in [0.15, 0.2) is 5.65 Å². The van der Waals surface area contributed by atoms with Crippen LogP contribution in [0.5, 0.6) is 0 Å². The molecule has 1 N–H and O–H groups in total. The van der Waals surface area contributed by atoms with E-state index in [2.05, 4.69) is 41.4 Å². The Morgan fingerprint density at radius 1 is 1.28 bits per heavy atom. The molecule has 1 aliphatic carbocycles. The molecule has 1 aliphatic rings. The quantitative estimate of drug-likeness (QED) is 0.793. The standard InChI is InChI=1S/C20H22N4O/c1-12(2)24-19-17(11-21-24)16(9-13(3)22-19)20(25)23-18-10-15(18)14-7-5-4-6-8-14/h4-9,11-12,15,18H,10H2,1-3H3,(H,23,25). The number of amides is 1. The normalized spacial score (nSPS) is 19.4. The molecular weight excluding hydrogens is 312 g/mol. The number of benzene rings is 1. The SMILES string of the molecule is Cc1cc(C(=O)NC2CC2c2ccccc2)c2cnn(C(C)C)c2n1. The molecule has 2 aromatic heterocycles. The summed E-state index contributed by atoms with van der Waals surface area (Å²) in [4.78, 5) is 17.4. The summed E-state index contributed by atoms with van der Waals surface area (Å²) in [5.41, 5.74) is 3.55. The van der Waals surface area contributed by atoms with Crippen LogP contribution < -0.4 is 5.32 Å². The maximum atomic E-state index is 12.8. The maximum Gasteiger partial charge on any atom is 0.252 e. The number of rotatable bonds is 4. The van der Waals surface area contributed by atoms with Crippen LogP contribution >= 0.6 is 0 Å². The van der Waals surface area contributed by atoms with E-state index >= 15 is 0 Å². The van der Waals surface area contributed by atoms with E-state index in [1.807, 2.05) is 35.9 Å². The summed E-state index contributed by atoms with van der Waals surface area (Å²) in [5, 5.41) is 8.40. The van der Waals surface area contributed by atoms with Crippen molar-refractivity contribution in [1.29, 1.82) is 0 Å². The summed E-state index contributed by atoms with van der Waals surface area (Å²) in [5.74, 6) is 0.379. The van der Waals surface area contributed by atoms with Crippen LogP contribution in [0.2, 0.25) is 0 Å². The van der Waals surface area contributed by atoms with E-state index < -0.39 is 0 Å². The lowest BCUT2D eigenvalue weighted by Crippen LogP contribution is -2.27. The maximum absolute atomic E-state index is 12.8. The molecular formula is C20H22N4O. The van der Waals surface area contributed by atoms with Gasteiger partial charge in [-0.25, -0.2) is 9.67 Å². The minimum atomic E-state index is -0.0396. The van der Waals surface area contributed by atoms with E-state index in [0.29, 0.717) is 11.5 Å². The topological polar surface area (TPSA) is 59.8 Å². The summed E-state index contributed by atoms with van der Waals surface area (Å²) in [6, 6.07) is 12.6. The first-order valence-electron chi connectivity index (χ1n) is 8.75. The highest BCUT2D eigenvalue weighted by Crippen LogP contribution is 2.40. The van der Waals surface area contributed by atoms with Gasteiger partial charge in [0.05, 0.1) is 17.1 Å². The molecule has 1 fully saturated rings. The molecule has 128 valence electrons. The molecule has 2 heterocycles. The Morgan fingerprint density at radius 3 is 2.76 bits per heavy atom. The highest BCUT2D eigenvalue weighted by Gasteiger charge is 2.39. The van der Waals surface area contributed by atoms with Crippen LogP contribution in [0.3, 0.4) is 0 Å². The van der Waals surface area contributed by atoms with Crippen molar-refractivity contribution in [2.75, 3.05) is 0 Å². The Balaban J connectivity index is 1.59. The molecule has 2 atom stereocenters. The van der Waals surface area contributed by atoms with Crippen LogP contribution in [0.15, 0.2) is 42.6 Å². The van der Waals surface area contributed by atoms with Gasteiger partial charge in [0.25, 0.3) is 5.91 Å². The molecule has 5 nitrogen and oxygen atoms in total. The predicted octanol–water partition coefficient (Wildman–Crippen LogP) is 3.61. The number of hydrogen-bond acceptors (Lipinski definition) is 3. The van der Waals surface area contributed by atoms with Crippen LogP contribution in [0, 0.1) is 6.92 Å². The fourth-order valence-corrected chi connectivity index (χ4v) is 3.38. The lowest BCUT2D eigenvalue weighted by molar-refractivity contribution is 0.0952. The first-order valence-corrected chi connectivity index (χ1v) is 8.75. The number of fused-ring (bicyclic) bond motifs is 1. The van der Waals surface area contributed by atoms with Gasteiger partial charge in [-0.2, -0.15) is 5.10 Å². The van der Waals surface area contributed by atoms with E-state index in [-0.39, 0.29) is 18.0 Å². The van der Waals surface area contributed by atoms with Crippen molar-refractivity contribution in [2.45, 2.75) is 45.2 Å². The summed E-state index contributed by atoms with van der Waals surface area (Å²) >= 11 is 0. The predicted molar refractivity (Wildman–Crippen MR) is 97.7 cm³/mol. The molecule has 0 bridgehead atoms. The molecule has 1 amide bonds. The summed E-state index contributed by atoms with van der Waals surface area (Å²) in [6.07, 6.45) is 2.74. The molecule has 0 aliphatic heterocycles. The zero-order valence-electron chi connectivity index (χ0n) is 14.7. The van der Waals surface area contributed by atoms with Gasteiger partial charge >= 0.3 is 0 Å². The highest BCUT2D eigenvalue weighted by atomic mass is 16.1. The van der Waals surface area contributed by atoms with Gasteiger partial charge in [0.2, 0.25) is 0 Å². The first kappa shape index (κ1) is 15.8.